The molecule has 0 amide bonds. The summed E-state index contributed by atoms with van der Waals surface area (Å²) in [6.45, 7) is 0.919. The van der Waals surface area contributed by atoms with Crippen molar-refractivity contribution in [1.82, 2.24) is 5.32 Å². The molecule has 0 spiro atoms. The number of unbranched alkanes of at least 4 members (excludes halogenated alkanes) is 1. The Morgan fingerprint density at radius 3 is 2.83 bits per heavy atom. The van der Waals surface area contributed by atoms with Gasteiger partial charge in [-0.1, -0.05) is 17.7 Å². The van der Waals surface area contributed by atoms with Gasteiger partial charge in [0, 0.05) is 16.2 Å². The second kappa shape index (κ2) is 6.96. The summed E-state index contributed by atoms with van der Waals surface area (Å²) in [4.78, 5) is 2.57. The topological polar surface area (TPSA) is 12.0 Å². The van der Waals surface area contributed by atoms with Crippen molar-refractivity contribution in [3.63, 3.8) is 0 Å². The van der Waals surface area contributed by atoms with Gasteiger partial charge < -0.3 is 5.32 Å². The molecule has 0 saturated carbocycles. The quantitative estimate of drug-likeness (QED) is 0.609. The Hall–Kier alpha value is -0.790. The van der Waals surface area contributed by atoms with Crippen molar-refractivity contribution >= 4 is 34.3 Å². The molecule has 1 unspecified atom stereocenters. The van der Waals surface area contributed by atoms with E-state index in [0.29, 0.717) is 0 Å². The number of halogens is 1. The maximum absolute atomic E-state index is 6.02. The van der Waals surface area contributed by atoms with Crippen molar-refractivity contribution in [3.8, 4) is 12.3 Å². The highest BCUT2D eigenvalue weighted by molar-refractivity contribution is 7.16. The molecule has 0 fully saturated rings. The summed E-state index contributed by atoms with van der Waals surface area (Å²) in [6.07, 6.45) is 7.08. The number of rotatable bonds is 6. The molecule has 1 N–H and O–H groups in total. The van der Waals surface area contributed by atoms with Gasteiger partial charge in [0.05, 0.1) is 10.4 Å². The molecule has 0 aromatic carbocycles. The van der Waals surface area contributed by atoms with Crippen LogP contribution in [0.25, 0.3) is 0 Å². The predicted molar refractivity (Wildman–Crippen MR) is 81.6 cm³/mol. The Bertz CT molecular complexity index is 510. The van der Waals surface area contributed by atoms with Gasteiger partial charge in [0.1, 0.15) is 0 Å². The van der Waals surface area contributed by atoms with Gasteiger partial charge in [-0.15, -0.1) is 35.0 Å². The third kappa shape index (κ3) is 3.60. The fourth-order valence-corrected chi connectivity index (χ4v) is 3.77. The Balaban J connectivity index is 2.07. The molecular formula is C14H14ClNS2. The lowest BCUT2D eigenvalue weighted by Crippen LogP contribution is -2.21. The maximum atomic E-state index is 6.02. The Morgan fingerprint density at radius 1 is 1.33 bits per heavy atom. The number of thiophene rings is 2. The van der Waals surface area contributed by atoms with Crippen LogP contribution in [-0.2, 0) is 0 Å². The summed E-state index contributed by atoms with van der Waals surface area (Å²) < 4.78 is 0.831. The molecule has 0 aliphatic rings. The van der Waals surface area contributed by atoms with E-state index in [4.69, 9.17) is 18.0 Å². The second-order valence-electron chi connectivity index (χ2n) is 3.85. The smallest absolute Gasteiger partial charge is 0.0931 e. The molecule has 18 heavy (non-hydrogen) atoms. The van der Waals surface area contributed by atoms with Gasteiger partial charge in [0.25, 0.3) is 0 Å². The number of hydrogen-bond acceptors (Lipinski definition) is 3. The zero-order chi connectivity index (χ0) is 12.8. The van der Waals surface area contributed by atoms with E-state index in [1.165, 1.54) is 9.75 Å². The van der Waals surface area contributed by atoms with Crippen molar-refractivity contribution in [2.75, 3.05) is 6.54 Å². The lowest BCUT2D eigenvalue weighted by molar-refractivity contribution is 0.602. The Labute approximate surface area is 121 Å². The van der Waals surface area contributed by atoms with Gasteiger partial charge in [-0.25, -0.2) is 0 Å². The van der Waals surface area contributed by atoms with Gasteiger partial charge in [-0.05, 0) is 36.5 Å². The average molecular weight is 296 g/mol. The van der Waals surface area contributed by atoms with Crippen LogP contribution in [0.1, 0.15) is 28.6 Å². The van der Waals surface area contributed by atoms with Crippen LogP contribution in [0, 0.1) is 12.3 Å². The van der Waals surface area contributed by atoms with E-state index in [2.05, 4.69) is 34.8 Å². The van der Waals surface area contributed by atoms with E-state index in [1.807, 2.05) is 6.07 Å². The number of terminal acetylenes is 1. The van der Waals surface area contributed by atoms with E-state index in [0.717, 1.165) is 23.7 Å². The van der Waals surface area contributed by atoms with Crippen LogP contribution >= 0.6 is 34.3 Å². The largest absolute Gasteiger partial charge is 0.305 e. The van der Waals surface area contributed by atoms with Gasteiger partial charge in [0.2, 0.25) is 0 Å². The Morgan fingerprint density at radius 2 is 2.22 bits per heavy atom. The van der Waals surface area contributed by atoms with E-state index in [1.54, 1.807) is 22.7 Å². The summed E-state index contributed by atoms with van der Waals surface area (Å²) in [6, 6.07) is 8.50. The summed E-state index contributed by atoms with van der Waals surface area (Å²) in [5, 5.41) is 5.65. The molecule has 0 aliphatic heterocycles. The van der Waals surface area contributed by atoms with Crippen LogP contribution in [0.15, 0.2) is 29.6 Å². The highest BCUT2D eigenvalue weighted by Gasteiger charge is 2.16. The van der Waals surface area contributed by atoms with Crippen LogP contribution in [0.3, 0.4) is 0 Å². The van der Waals surface area contributed by atoms with Crippen molar-refractivity contribution < 1.29 is 0 Å². The molecule has 2 heterocycles. The third-order valence-electron chi connectivity index (χ3n) is 2.55. The summed E-state index contributed by atoms with van der Waals surface area (Å²) in [5.41, 5.74) is 0. The molecule has 4 heteroatoms. The zero-order valence-electron chi connectivity index (χ0n) is 9.86. The molecule has 2 rings (SSSR count). The van der Waals surface area contributed by atoms with Crippen LogP contribution in [0.4, 0.5) is 0 Å². The molecule has 2 aromatic heterocycles. The molecule has 1 nitrogen and oxygen atoms in total. The summed E-state index contributed by atoms with van der Waals surface area (Å²) >= 11 is 9.40. The van der Waals surface area contributed by atoms with E-state index in [9.17, 15) is 0 Å². The molecule has 0 bridgehead atoms. The summed E-state index contributed by atoms with van der Waals surface area (Å²) in [5.74, 6) is 2.66. The molecule has 0 saturated heterocycles. The van der Waals surface area contributed by atoms with E-state index >= 15 is 0 Å². The van der Waals surface area contributed by atoms with E-state index < -0.39 is 0 Å². The molecule has 94 valence electrons. The fraction of sp³-hybridized carbons (Fsp3) is 0.286. The number of nitrogens with one attached hydrogen (secondary N) is 1. The van der Waals surface area contributed by atoms with Crippen LogP contribution in [0.2, 0.25) is 4.34 Å². The predicted octanol–water partition coefficient (Wildman–Crippen LogP) is 4.56. The standard InChI is InChI=1S/C14H14ClNS2/c1-2-3-4-9-16-14(11-6-5-10-17-11)12-7-8-13(15)18-12/h1,5-8,10,14,16H,3-4,9H2. The number of hydrogen-bond donors (Lipinski definition) is 1. The highest BCUT2D eigenvalue weighted by Crippen LogP contribution is 2.32. The fourth-order valence-electron chi connectivity index (χ4n) is 1.72. The van der Waals surface area contributed by atoms with Gasteiger partial charge in [-0.2, -0.15) is 0 Å². The molecular weight excluding hydrogens is 282 g/mol. The highest BCUT2D eigenvalue weighted by atomic mass is 35.5. The monoisotopic (exact) mass is 295 g/mol. The average Bonchev–Trinajstić information content (AvgIpc) is 3.01. The normalized spacial score (nSPS) is 12.2. The van der Waals surface area contributed by atoms with Gasteiger partial charge in [-0.3, -0.25) is 0 Å². The van der Waals surface area contributed by atoms with E-state index in [-0.39, 0.29) is 6.04 Å². The van der Waals surface area contributed by atoms with Crippen molar-refractivity contribution in [2.45, 2.75) is 18.9 Å². The zero-order valence-corrected chi connectivity index (χ0v) is 12.2. The Kier molecular flexibility index (Phi) is 5.27. The summed E-state index contributed by atoms with van der Waals surface area (Å²) in [7, 11) is 0. The van der Waals surface area contributed by atoms with Crippen molar-refractivity contribution in [2.24, 2.45) is 0 Å². The minimum Gasteiger partial charge on any atom is -0.305 e. The molecule has 0 radical (unpaired) electrons. The first kappa shape index (κ1) is 13.6. The van der Waals surface area contributed by atoms with Crippen LogP contribution < -0.4 is 5.32 Å². The van der Waals surface area contributed by atoms with Gasteiger partial charge in [0.15, 0.2) is 0 Å². The SMILES string of the molecule is C#CCCCNC(c1cccs1)c1ccc(Cl)s1. The lowest BCUT2D eigenvalue weighted by atomic mass is 10.2. The van der Waals surface area contributed by atoms with Crippen molar-refractivity contribution in [1.29, 1.82) is 0 Å². The first-order valence-electron chi connectivity index (χ1n) is 5.76. The molecule has 2 aromatic rings. The first-order valence-corrected chi connectivity index (χ1v) is 7.84. The maximum Gasteiger partial charge on any atom is 0.0931 e. The lowest BCUT2D eigenvalue weighted by Gasteiger charge is -2.15. The molecule has 0 aliphatic carbocycles. The second-order valence-corrected chi connectivity index (χ2v) is 6.58. The minimum atomic E-state index is 0.236. The first-order chi connectivity index (χ1) is 8.81. The van der Waals surface area contributed by atoms with Crippen LogP contribution in [-0.4, -0.2) is 6.54 Å². The van der Waals surface area contributed by atoms with Crippen molar-refractivity contribution in [3.05, 3.63) is 43.7 Å². The van der Waals surface area contributed by atoms with Crippen LogP contribution in [0.5, 0.6) is 0 Å². The van der Waals surface area contributed by atoms with Gasteiger partial charge >= 0.3 is 0 Å². The molecule has 1 atom stereocenters. The third-order valence-corrected chi connectivity index (χ3v) is 4.79. The minimum absolute atomic E-state index is 0.236.